The van der Waals surface area contributed by atoms with E-state index < -0.39 is 0 Å². The van der Waals surface area contributed by atoms with E-state index in [1.54, 1.807) is 41.2 Å². The molecule has 0 amide bonds. The van der Waals surface area contributed by atoms with E-state index in [0.717, 1.165) is 22.3 Å². The standard InChI is InChI=1S/C22H20ClN7O/c1-13-8-14(11-24)10-15(9-13)31-21-17(23)5-6-19(20(21)25)30(26)12-18-16-4-3-7-27-22(16)29(2)28-18/h3-10H,12,25-26H2,1-2H3. The molecular weight excluding hydrogens is 414 g/mol. The van der Waals surface area contributed by atoms with Crippen molar-refractivity contribution < 1.29 is 4.74 Å². The smallest absolute Gasteiger partial charge is 0.171 e. The summed E-state index contributed by atoms with van der Waals surface area (Å²) in [5, 5.41) is 16.5. The lowest BCUT2D eigenvalue weighted by molar-refractivity contribution is 0.484. The van der Waals surface area contributed by atoms with Gasteiger partial charge in [-0.15, -0.1) is 0 Å². The van der Waals surface area contributed by atoms with E-state index in [4.69, 9.17) is 27.9 Å². The highest BCUT2D eigenvalue weighted by molar-refractivity contribution is 6.32. The average molecular weight is 434 g/mol. The van der Waals surface area contributed by atoms with Gasteiger partial charge in [0.2, 0.25) is 0 Å². The summed E-state index contributed by atoms with van der Waals surface area (Å²) in [7, 11) is 1.83. The Morgan fingerprint density at radius 2 is 2.06 bits per heavy atom. The molecule has 0 aliphatic carbocycles. The van der Waals surface area contributed by atoms with E-state index in [2.05, 4.69) is 16.2 Å². The number of aromatic nitrogens is 3. The Morgan fingerprint density at radius 1 is 1.26 bits per heavy atom. The Bertz CT molecular complexity index is 1330. The predicted molar refractivity (Wildman–Crippen MR) is 121 cm³/mol. The molecule has 2 heterocycles. The number of nitrogens with two attached hydrogens (primary N) is 2. The number of nitrogen functional groups attached to an aromatic ring is 1. The molecule has 31 heavy (non-hydrogen) atoms. The number of anilines is 2. The summed E-state index contributed by atoms with van der Waals surface area (Å²) in [6.45, 7) is 2.18. The topological polar surface area (TPSA) is 119 Å². The van der Waals surface area contributed by atoms with Gasteiger partial charge in [-0.2, -0.15) is 10.4 Å². The van der Waals surface area contributed by atoms with Crippen LogP contribution < -0.4 is 21.3 Å². The first-order chi connectivity index (χ1) is 14.9. The number of ether oxygens (including phenoxy) is 1. The zero-order valence-corrected chi connectivity index (χ0v) is 17.8. The third kappa shape index (κ3) is 3.97. The third-order valence-corrected chi connectivity index (χ3v) is 5.13. The Kier molecular flexibility index (Phi) is 5.38. The lowest BCUT2D eigenvalue weighted by Gasteiger charge is -2.22. The molecule has 9 heteroatoms. The van der Waals surface area contributed by atoms with Crippen LogP contribution in [0.1, 0.15) is 16.8 Å². The Morgan fingerprint density at radius 3 is 2.84 bits per heavy atom. The van der Waals surface area contributed by atoms with Crippen LogP contribution in [0.2, 0.25) is 5.02 Å². The molecule has 0 atom stereocenters. The second-order valence-electron chi connectivity index (χ2n) is 7.13. The van der Waals surface area contributed by atoms with Crippen molar-refractivity contribution in [2.75, 3.05) is 10.7 Å². The number of benzene rings is 2. The molecule has 156 valence electrons. The van der Waals surface area contributed by atoms with Gasteiger partial charge in [0.1, 0.15) is 11.4 Å². The number of hydrazine groups is 1. The maximum atomic E-state index is 9.20. The van der Waals surface area contributed by atoms with Gasteiger partial charge in [0.05, 0.1) is 34.6 Å². The number of pyridine rings is 1. The van der Waals surface area contributed by atoms with E-state index in [1.165, 1.54) is 5.01 Å². The first kappa shape index (κ1) is 20.5. The lowest BCUT2D eigenvalue weighted by Crippen LogP contribution is -2.31. The monoisotopic (exact) mass is 433 g/mol. The number of halogens is 1. The second kappa shape index (κ2) is 8.14. The minimum atomic E-state index is 0.275. The molecule has 8 nitrogen and oxygen atoms in total. The van der Waals surface area contributed by atoms with Crippen molar-refractivity contribution in [3.8, 4) is 17.6 Å². The molecular formula is C22H20ClN7O. The maximum absolute atomic E-state index is 9.20. The highest BCUT2D eigenvalue weighted by Gasteiger charge is 2.18. The van der Waals surface area contributed by atoms with E-state index in [0.29, 0.717) is 28.6 Å². The van der Waals surface area contributed by atoms with Gasteiger partial charge in [0.25, 0.3) is 0 Å². The second-order valence-corrected chi connectivity index (χ2v) is 7.54. The minimum Gasteiger partial charge on any atom is -0.453 e. The summed E-state index contributed by atoms with van der Waals surface area (Å²) in [6.07, 6.45) is 1.72. The van der Waals surface area contributed by atoms with Gasteiger partial charge in [-0.05, 0) is 55.0 Å². The number of hydrogen-bond donors (Lipinski definition) is 2. The maximum Gasteiger partial charge on any atom is 0.171 e. The molecule has 0 spiro atoms. The molecule has 4 N–H and O–H groups in total. The van der Waals surface area contributed by atoms with Crippen LogP contribution >= 0.6 is 11.6 Å². The summed E-state index contributed by atoms with van der Waals surface area (Å²) < 4.78 is 7.67. The zero-order chi connectivity index (χ0) is 22.1. The normalized spacial score (nSPS) is 10.8. The molecule has 0 saturated heterocycles. The van der Waals surface area contributed by atoms with E-state index in [9.17, 15) is 5.26 Å². The Balaban J connectivity index is 1.67. The summed E-state index contributed by atoms with van der Waals surface area (Å²) in [5.74, 6) is 7.09. The van der Waals surface area contributed by atoms with E-state index >= 15 is 0 Å². The molecule has 0 unspecified atom stereocenters. The minimum absolute atomic E-state index is 0.275. The van der Waals surface area contributed by atoms with Gasteiger partial charge in [-0.1, -0.05) is 11.6 Å². The quantitative estimate of drug-likeness (QED) is 0.276. The fraction of sp³-hybridized carbons (Fsp3) is 0.136. The number of rotatable bonds is 5. The molecule has 0 fully saturated rings. The van der Waals surface area contributed by atoms with Crippen LogP contribution in [-0.4, -0.2) is 14.8 Å². The van der Waals surface area contributed by atoms with Gasteiger partial charge in [0.15, 0.2) is 11.4 Å². The number of nitriles is 1. The van der Waals surface area contributed by atoms with Crippen LogP contribution in [0.3, 0.4) is 0 Å². The van der Waals surface area contributed by atoms with Crippen molar-refractivity contribution in [1.82, 2.24) is 14.8 Å². The molecule has 0 radical (unpaired) electrons. The summed E-state index contributed by atoms with van der Waals surface area (Å²) in [6, 6.07) is 14.5. The van der Waals surface area contributed by atoms with Crippen LogP contribution in [0.4, 0.5) is 11.4 Å². The molecule has 2 aromatic heterocycles. The molecule has 0 saturated carbocycles. The zero-order valence-electron chi connectivity index (χ0n) is 17.0. The Labute approximate surface area is 184 Å². The highest BCUT2D eigenvalue weighted by Crippen LogP contribution is 2.41. The SMILES string of the molecule is Cc1cc(C#N)cc(Oc2c(Cl)ccc(N(N)Cc3nn(C)c4ncccc34)c2N)c1. The predicted octanol–water partition coefficient (Wildman–Crippen LogP) is 4.06. The number of hydrogen-bond acceptors (Lipinski definition) is 7. The van der Waals surface area contributed by atoms with Gasteiger partial charge in [0, 0.05) is 18.6 Å². The number of aryl methyl sites for hydroxylation is 2. The fourth-order valence-electron chi connectivity index (χ4n) is 3.43. The van der Waals surface area contributed by atoms with E-state index in [1.807, 2.05) is 26.1 Å². The van der Waals surface area contributed by atoms with Crippen LogP contribution in [-0.2, 0) is 13.6 Å². The van der Waals surface area contributed by atoms with Crippen molar-refractivity contribution >= 4 is 34.0 Å². The molecule has 0 aliphatic heterocycles. The van der Waals surface area contributed by atoms with Gasteiger partial charge >= 0.3 is 0 Å². The first-order valence-electron chi connectivity index (χ1n) is 9.44. The van der Waals surface area contributed by atoms with Crippen molar-refractivity contribution in [1.29, 1.82) is 5.26 Å². The molecule has 0 bridgehead atoms. The van der Waals surface area contributed by atoms with Crippen LogP contribution in [0.5, 0.6) is 11.5 Å². The van der Waals surface area contributed by atoms with Crippen LogP contribution in [0, 0.1) is 18.3 Å². The molecule has 2 aromatic carbocycles. The van der Waals surface area contributed by atoms with Gasteiger partial charge < -0.3 is 15.5 Å². The van der Waals surface area contributed by atoms with Crippen LogP contribution in [0.25, 0.3) is 11.0 Å². The Hall–Kier alpha value is -3.80. The number of fused-ring (bicyclic) bond motifs is 1. The van der Waals surface area contributed by atoms with Crippen molar-refractivity contribution in [3.05, 3.63) is 70.5 Å². The number of nitrogens with zero attached hydrogens (tertiary/aromatic N) is 5. The summed E-state index contributed by atoms with van der Waals surface area (Å²) >= 11 is 6.36. The fourth-order valence-corrected chi connectivity index (χ4v) is 3.64. The van der Waals surface area contributed by atoms with Gasteiger partial charge in [-0.3, -0.25) is 4.68 Å². The highest BCUT2D eigenvalue weighted by atomic mass is 35.5. The van der Waals surface area contributed by atoms with Crippen molar-refractivity contribution in [2.24, 2.45) is 12.9 Å². The first-order valence-corrected chi connectivity index (χ1v) is 9.81. The van der Waals surface area contributed by atoms with Gasteiger partial charge in [-0.25, -0.2) is 10.8 Å². The molecule has 4 aromatic rings. The average Bonchev–Trinajstić information content (AvgIpc) is 3.06. The third-order valence-electron chi connectivity index (χ3n) is 4.83. The van der Waals surface area contributed by atoms with Crippen molar-refractivity contribution in [2.45, 2.75) is 13.5 Å². The van der Waals surface area contributed by atoms with E-state index in [-0.39, 0.29) is 11.4 Å². The lowest BCUT2D eigenvalue weighted by atomic mass is 10.1. The summed E-state index contributed by atoms with van der Waals surface area (Å²) in [4.78, 5) is 4.35. The van der Waals surface area contributed by atoms with Crippen LogP contribution in [0.15, 0.2) is 48.7 Å². The largest absolute Gasteiger partial charge is 0.453 e. The van der Waals surface area contributed by atoms with Crippen molar-refractivity contribution in [3.63, 3.8) is 0 Å². The summed E-state index contributed by atoms with van der Waals surface area (Å²) in [5.41, 5.74) is 10.1. The molecule has 4 rings (SSSR count). The molecule has 0 aliphatic rings.